The van der Waals surface area contributed by atoms with Crippen LogP contribution in [0.2, 0.25) is 0 Å². The van der Waals surface area contributed by atoms with Crippen LogP contribution < -0.4 is 0 Å². The predicted octanol–water partition coefficient (Wildman–Crippen LogP) is 4.09. The summed E-state index contributed by atoms with van der Waals surface area (Å²) in [5.74, 6) is 0. The third-order valence-electron chi connectivity index (χ3n) is 4.87. The van der Waals surface area contributed by atoms with E-state index >= 15 is 0 Å². The van der Waals surface area contributed by atoms with Gasteiger partial charge in [-0.05, 0) is 26.0 Å². The number of hydrogen-bond donors (Lipinski definition) is 1. The smallest absolute Gasteiger partial charge is 0.0931 e. The second-order valence-electron chi connectivity index (χ2n) is 7.09. The molecule has 0 aliphatic rings. The monoisotopic (exact) mass is 372 g/mol. The molecule has 2 aromatic heterocycles. The molecule has 0 saturated heterocycles. The molecule has 0 unspecified atom stereocenters. The zero-order valence-corrected chi connectivity index (χ0v) is 16.2. The van der Waals surface area contributed by atoms with Crippen molar-refractivity contribution in [1.29, 1.82) is 0 Å². The van der Waals surface area contributed by atoms with Crippen molar-refractivity contribution in [2.75, 3.05) is 0 Å². The van der Waals surface area contributed by atoms with Crippen molar-refractivity contribution in [1.82, 2.24) is 19.6 Å². The summed E-state index contributed by atoms with van der Waals surface area (Å²) in [6.07, 6.45) is -0.579. The van der Waals surface area contributed by atoms with Gasteiger partial charge in [-0.1, -0.05) is 60.7 Å². The van der Waals surface area contributed by atoms with Crippen molar-refractivity contribution in [3.63, 3.8) is 0 Å². The second-order valence-corrected chi connectivity index (χ2v) is 7.09. The van der Waals surface area contributed by atoms with Gasteiger partial charge in [0.05, 0.1) is 30.6 Å². The van der Waals surface area contributed by atoms with Crippen molar-refractivity contribution < 1.29 is 5.11 Å². The standard InChI is InChI=1S/C23H24N4O/c1-17-13-22(19-9-5-3-6-10-19)24-26(17)15-21(28)16-27-18(2)14-23(25-27)20-11-7-4-8-12-20/h3-14,21,28H,15-16H2,1-2H3. The molecule has 142 valence electrons. The Balaban J connectivity index is 1.47. The number of nitrogens with zero attached hydrogens (tertiary/aromatic N) is 4. The largest absolute Gasteiger partial charge is 0.389 e. The Morgan fingerprint density at radius 3 is 1.50 bits per heavy atom. The van der Waals surface area contributed by atoms with Gasteiger partial charge in [0.15, 0.2) is 0 Å². The number of aliphatic hydroxyl groups is 1. The molecule has 0 aliphatic heterocycles. The molecule has 0 aliphatic carbocycles. The van der Waals surface area contributed by atoms with E-state index < -0.39 is 6.10 Å². The number of hydrogen-bond acceptors (Lipinski definition) is 3. The van der Waals surface area contributed by atoms with Crippen molar-refractivity contribution in [2.24, 2.45) is 0 Å². The fourth-order valence-corrected chi connectivity index (χ4v) is 3.35. The van der Waals surface area contributed by atoms with Crippen LogP contribution in [0.1, 0.15) is 11.4 Å². The first-order valence-electron chi connectivity index (χ1n) is 9.48. The highest BCUT2D eigenvalue weighted by atomic mass is 16.3. The highest BCUT2D eigenvalue weighted by Gasteiger charge is 2.14. The summed E-state index contributed by atoms with van der Waals surface area (Å²) in [6, 6.07) is 24.3. The molecule has 0 spiro atoms. The van der Waals surface area contributed by atoms with Crippen LogP contribution in [0.4, 0.5) is 0 Å². The predicted molar refractivity (Wildman–Crippen MR) is 111 cm³/mol. The molecule has 0 saturated carbocycles. The Kier molecular flexibility index (Phi) is 5.08. The normalized spacial score (nSPS) is 11.3. The molecular weight excluding hydrogens is 348 g/mol. The van der Waals surface area contributed by atoms with Gasteiger partial charge in [0.2, 0.25) is 0 Å². The molecule has 5 nitrogen and oxygen atoms in total. The fraction of sp³-hybridized carbons (Fsp3) is 0.217. The summed E-state index contributed by atoms with van der Waals surface area (Å²) in [6.45, 7) is 4.88. The number of aliphatic hydroxyl groups excluding tert-OH is 1. The minimum atomic E-state index is -0.579. The lowest BCUT2D eigenvalue weighted by molar-refractivity contribution is 0.124. The van der Waals surface area contributed by atoms with Crippen molar-refractivity contribution in [3.8, 4) is 22.5 Å². The van der Waals surface area contributed by atoms with E-state index in [-0.39, 0.29) is 0 Å². The molecule has 0 fully saturated rings. The lowest BCUT2D eigenvalue weighted by atomic mass is 10.1. The van der Waals surface area contributed by atoms with E-state index in [9.17, 15) is 5.11 Å². The Hall–Kier alpha value is -3.18. The van der Waals surface area contributed by atoms with E-state index in [1.54, 1.807) is 0 Å². The van der Waals surface area contributed by atoms with E-state index in [4.69, 9.17) is 0 Å². The van der Waals surface area contributed by atoms with Gasteiger partial charge in [-0.3, -0.25) is 9.36 Å². The van der Waals surface area contributed by atoms with Gasteiger partial charge in [-0.25, -0.2) is 0 Å². The fourth-order valence-electron chi connectivity index (χ4n) is 3.35. The molecule has 2 aromatic carbocycles. The maximum absolute atomic E-state index is 10.6. The zero-order chi connectivity index (χ0) is 19.5. The first-order valence-corrected chi connectivity index (χ1v) is 9.48. The van der Waals surface area contributed by atoms with E-state index in [0.29, 0.717) is 13.1 Å². The van der Waals surface area contributed by atoms with Crippen LogP contribution in [0.5, 0.6) is 0 Å². The maximum Gasteiger partial charge on any atom is 0.0931 e. The average Bonchev–Trinajstić information content (AvgIpc) is 3.26. The Morgan fingerprint density at radius 1 is 0.714 bits per heavy atom. The summed E-state index contributed by atoms with van der Waals surface area (Å²) < 4.78 is 3.73. The van der Waals surface area contributed by atoms with Crippen LogP contribution in [-0.2, 0) is 13.1 Å². The van der Waals surface area contributed by atoms with Gasteiger partial charge in [0, 0.05) is 22.5 Å². The number of benzene rings is 2. The summed E-state index contributed by atoms with van der Waals surface area (Å²) in [5, 5.41) is 20.0. The van der Waals surface area contributed by atoms with E-state index in [0.717, 1.165) is 33.9 Å². The summed E-state index contributed by atoms with van der Waals surface area (Å²) in [7, 11) is 0. The molecule has 2 heterocycles. The Bertz CT molecular complexity index is 965. The Morgan fingerprint density at radius 2 is 1.11 bits per heavy atom. The topological polar surface area (TPSA) is 55.9 Å². The Labute approximate surface area is 164 Å². The zero-order valence-electron chi connectivity index (χ0n) is 16.2. The maximum atomic E-state index is 10.6. The summed E-state index contributed by atoms with van der Waals surface area (Å²) in [4.78, 5) is 0. The van der Waals surface area contributed by atoms with Crippen molar-refractivity contribution in [3.05, 3.63) is 84.2 Å². The lowest BCUT2D eigenvalue weighted by Crippen LogP contribution is -2.24. The van der Waals surface area contributed by atoms with Gasteiger partial charge in [-0.2, -0.15) is 10.2 Å². The number of aryl methyl sites for hydroxylation is 2. The molecule has 4 rings (SSSR count). The molecular formula is C23H24N4O. The minimum Gasteiger partial charge on any atom is -0.389 e. The first-order chi connectivity index (χ1) is 13.6. The van der Waals surface area contributed by atoms with E-state index in [1.165, 1.54) is 0 Å². The minimum absolute atomic E-state index is 0.429. The van der Waals surface area contributed by atoms with Crippen LogP contribution in [0.25, 0.3) is 22.5 Å². The summed E-state index contributed by atoms with van der Waals surface area (Å²) >= 11 is 0. The van der Waals surface area contributed by atoms with Crippen LogP contribution >= 0.6 is 0 Å². The van der Waals surface area contributed by atoms with Crippen molar-refractivity contribution >= 4 is 0 Å². The first kappa shape index (κ1) is 18.2. The van der Waals surface area contributed by atoms with Gasteiger partial charge in [0.1, 0.15) is 0 Å². The lowest BCUT2D eigenvalue weighted by Gasteiger charge is -2.13. The van der Waals surface area contributed by atoms with E-state index in [2.05, 4.69) is 22.3 Å². The average molecular weight is 372 g/mol. The van der Waals surface area contributed by atoms with Crippen LogP contribution in [0, 0.1) is 13.8 Å². The van der Waals surface area contributed by atoms with Gasteiger partial charge in [-0.15, -0.1) is 0 Å². The molecule has 0 atom stereocenters. The van der Waals surface area contributed by atoms with Crippen LogP contribution in [0.3, 0.4) is 0 Å². The molecule has 0 bridgehead atoms. The van der Waals surface area contributed by atoms with Crippen molar-refractivity contribution in [2.45, 2.75) is 33.0 Å². The van der Waals surface area contributed by atoms with Gasteiger partial charge in [0.25, 0.3) is 0 Å². The van der Waals surface area contributed by atoms with Gasteiger partial charge >= 0.3 is 0 Å². The molecule has 28 heavy (non-hydrogen) atoms. The molecule has 1 N–H and O–H groups in total. The molecule has 0 amide bonds. The number of aromatic nitrogens is 4. The number of rotatable bonds is 6. The second kappa shape index (κ2) is 7.82. The van der Waals surface area contributed by atoms with Crippen LogP contribution in [-0.4, -0.2) is 30.8 Å². The highest BCUT2D eigenvalue weighted by molar-refractivity contribution is 5.59. The summed E-state index contributed by atoms with van der Waals surface area (Å²) in [5.41, 5.74) is 6.06. The molecule has 5 heteroatoms. The van der Waals surface area contributed by atoms with E-state index in [1.807, 2.05) is 83.9 Å². The highest BCUT2D eigenvalue weighted by Crippen LogP contribution is 2.20. The quantitative estimate of drug-likeness (QED) is 0.555. The third-order valence-corrected chi connectivity index (χ3v) is 4.87. The van der Waals surface area contributed by atoms with Gasteiger partial charge < -0.3 is 5.11 Å². The molecule has 0 radical (unpaired) electrons. The molecule has 4 aromatic rings. The SMILES string of the molecule is Cc1cc(-c2ccccc2)nn1CC(O)Cn1nc(-c2ccccc2)cc1C. The third kappa shape index (κ3) is 3.89. The van der Waals surface area contributed by atoms with Crippen LogP contribution in [0.15, 0.2) is 72.8 Å².